The molecule has 4 aromatic rings. The number of carbonyl (C=O) groups excluding carboxylic acids is 1. The summed E-state index contributed by atoms with van der Waals surface area (Å²) < 4.78 is 13.2. The molecule has 0 saturated carbocycles. The SMILES string of the molecule is O=C(c1ccno1)N1CCc2cccc(OCC3CCCN3c3ccnc4ncnn34)c2C1. The summed E-state index contributed by atoms with van der Waals surface area (Å²) in [7, 11) is 0. The van der Waals surface area contributed by atoms with Crippen molar-refractivity contribution in [3.8, 4) is 5.75 Å². The standard InChI is InChI=1S/C23H23N7O3/c31-22(20-6-10-27-33-20)28-12-8-16-3-1-5-19(18(16)13-28)32-14-17-4-2-11-29(17)21-7-9-24-23-25-15-26-30(21)23/h1,3,5-7,9-10,15,17H,2,4,8,11-14H2. The molecule has 10 nitrogen and oxygen atoms in total. The van der Waals surface area contributed by atoms with E-state index in [9.17, 15) is 4.79 Å². The van der Waals surface area contributed by atoms with Gasteiger partial charge in [0, 0.05) is 30.9 Å². The van der Waals surface area contributed by atoms with Gasteiger partial charge in [-0.25, -0.2) is 4.98 Å². The number of anilines is 1. The topological polar surface area (TPSA) is 102 Å². The van der Waals surface area contributed by atoms with Gasteiger partial charge in [0.15, 0.2) is 0 Å². The molecule has 0 radical (unpaired) electrons. The Morgan fingerprint density at radius 2 is 2.12 bits per heavy atom. The van der Waals surface area contributed by atoms with Gasteiger partial charge >= 0.3 is 0 Å². The van der Waals surface area contributed by atoms with Crippen LogP contribution in [0.15, 0.2) is 53.6 Å². The first-order chi connectivity index (χ1) is 16.3. The predicted octanol–water partition coefficient (Wildman–Crippen LogP) is 2.36. The van der Waals surface area contributed by atoms with Crippen molar-refractivity contribution in [1.82, 2.24) is 29.6 Å². The van der Waals surface area contributed by atoms with Crippen LogP contribution in [0.5, 0.6) is 5.75 Å². The molecule has 0 aliphatic carbocycles. The minimum absolute atomic E-state index is 0.149. The number of carbonyl (C=O) groups is 1. The highest BCUT2D eigenvalue weighted by molar-refractivity contribution is 5.91. The Labute approximate surface area is 189 Å². The molecule has 1 amide bonds. The van der Waals surface area contributed by atoms with Crippen molar-refractivity contribution in [2.75, 3.05) is 24.6 Å². The number of nitrogens with zero attached hydrogens (tertiary/aromatic N) is 7. The van der Waals surface area contributed by atoms with E-state index in [-0.39, 0.29) is 17.7 Å². The van der Waals surface area contributed by atoms with Gasteiger partial charge in [-0.1, -0.05) is 17.3 Å². The Balaban J connectivity index is 1.20. The third-order valence-corrected chi connectivity index (χ3v) is 6.43. The molecule has 0 spiro atoms. The molecule has 10 heteroatoms. The summed E-state index contributed by atoms with van der Waals surface area (Å²) in [5, 5.41) is 7.99. The fraction of sp³-hybridized carbons (Fsp3) is 0.348. The Hall–Kier alpha value is -3.95. The second-order valence-corrected chi connectivity index (χ2v) is 8.32. The Bertz CT molecular complexity index is 1290. The maximum atomic E-state index is 12.8. The van der Waals surface area contributed by atoms with Gasteiger partial charge in [-0.05, 0) is 37.0 Å². The first kappa shape index (κ1) is 19.7. The van der Waals surface area contributed by atoms with Crippen LogP contribution in [0.2, 0.25) is 0 Å². The summed E-state index contributed by atoms with van der Waals surface area (Å²) in [4.78, 5) is 25.3. The van der Waals surface area contributed by atoms with Crippen molar-refractivity contribution in [3.63, 3.8) is 0 Å². The van der Waals surface area contributed by atoms with Gasteiger partial charge in [0.2, 0.25) is 5.76 Å². The predicted molar refractivity (Wildman–Crippen MR) is 118 cm³/mol. The van der Waals surface area contributed by atoms with E-state index >= 15 is 0 Å². The molecule has 2 aliphatic rings. The Morgan fingerprint density at radius 3 is 3.03 bits per heavy atom. The lowest BCUT2D eigenvalue weighted by atomic mass is 9.98. The molecule has 168 valence electrons. The van der Waals surface area contributed by atoms with Crippen LogP contribution in [-0.4, -0.2) is 61.3 Å². The number of benzene rings is 1. The summed E-state index contributed by atoms with van der Waals surface area (Å²) >= 11 is 0. The first-order valence-corrected chi connectivity index (χ1v) is 11.1. The minimum atomic E-state index is -0.149. The van der Waals surface area contributed by atoms with Crippen LogP contribution < -0.4 is 9.64 Å². The molecule has 1 fully saturated rings. The lowest BCUT2D eigenvalue weighted by molar-refractivity contribution is 0.0690. The highest BCUT2D eigenvalue weighted by atomic mass is 16.5. The quantitative estimate of drug-likeness (QED) is 0.461. The van der Waals surface area contributed by atoms with E-state index in [1.807, 2.05) is 18.2 Å². The van der Waals surface area contributed by atoms with Gasteiger partial charge < -0.3 is 19.1 Å². The summed E-state index contributed by atoms with van der Waals surface area (Å²) in [6, 6.07) is 9.90. The van der Waals surface area contributed by atoms with E-state index in [0.717, 1.165) is 42.9 Å². The summed E-state index contributed by atoms with van der Waals surface area (Å²) in [6.07, 6.45) is 7.67. The van der Waals surface area contributed by atoms with Gasteiger partial charge in [0.1, 0.15) is 24.5 Å². The van der Waals surface area contributed by atoms with Crippen LogP contribution in [-0.2, 0) is 13.0 Å². The minimum Gasteiger partial charge on any atom is -0.491 e. The van der Waals surface area contributed by atoms with E-state index in [0.29, 0.717) is 25.5 Å². The van der Waals surface area contributed by atoms with Crippen molar-refractivity contribution in [2.24, 2.45) is 0 Å². The zero-order valence-electron chi connectivity index (χ0n) is 18.0. The monoisotopic (exact) mass is 445 g/mol. The van der Waals surface area contributed by atoms with E-state index in [1.165, 1.54) is 18.1 Å². The smallest absolute Gasteiger partial charge is 0.292 e. The fourth-order valence-corrected chi connectivity index (χ4v) is 4.78. The largest absolute Gasteiger partial charge is 0.491 e. The van der Waals surface area contributed by atoms with E-state index in [4.69, 9.17) is 9.26 Å². The molecule has 6 rings (SSSR count). The van der Waals surface area contributed by atoms with Crippen molar-refractivity contribution < 1.29 is 14.1 Å². The molecule has 1 aromatic carbocycles. The molecule has 1 atom stereocenters. The first-order valence-electron chi connectivity index (χ1n) is 11.1. The van der Waals surface area contributed by atoms with Gasteiger partial charge in [-0.2, -0.15) is 14.6 Å². The van der Waals surface area contributed by atoms with Crippen LogP contribution in [0.4, 0.5) is 5.82 Å². The Morgan fingerprint density at radius 1 is 1.15 bits per heavy atom. The van der Waals surface area contributed by atoms with E-state index < -0.39 is 0 Å². The highest BCUT2D eigenvalue weighted by Crippen LogP contribution is 2.31. The molecule has 2 aliphatic heterocycles. The number of rotatable bonds is 5. The molecule has 33 heavy (non-hydrogen) atoms. The lowest BCUT2D eigenvalue weighted by Gasteiger charge is -2.30. The molecule has 1 unspecified atom stereocenters. The number of amides is 1. The lowest BCUT2D eigenvalue weighted by Crippen LogP contribution is -2.37. The number of ether oxygens (including phenoxy) is 1. The van der Waals surface area contributed by atoms with Gasteiger partial charge in [0.25, 0.3) is 11.7 Å². The van der Waals surface area contributed by atoms with Crippen LogP contribution in [0, 0.1) is 0 Å². The van der Waals surface area contributed by atoms with Gasteiger partial charge in [-0.3, -0.25) is 4.79 Å². The molecular weight excluding hydrogens is 422 g/mol. The van der Waals surface area contributed by atoms with Crippen LogP contribution in [0.25, 0.3) is 5.78 Å². The summed E-state index contributed by atoms with van der Waals surface area (Å²) in [5.74, 6) is 2.50. The fourth-order valence-electron chi connectivity index (χ4n) is 4.78. The van der Waals surface area contributed by atoms with Crippen LogP contribution in [0.1, 0.15) is 34.5 Å². The highest BCUT2D eigenvalue weighted by Gasteiger charge is 2.29. The van der Waals surface area contributed by atoms with Crippen molar-refractivity contribution in [1.29, 1.82) is 0 Å². The normalized spacial score (nSPS) is 18.0. The zero-order valence-corrected chi connectivity index (χ0v) is 18.0. The average molecular weight is 445 g/mol. The van der Waals surface area contributed by atoms with Crippen LogP contribution >= 0.6 is 0 Å². The van der Waals surface area contributed by atoms with E-state index in [2.05, 4.69) is 31.2 Å². The average Bonchev–Trinajstić information content (AvgIpc) is 3.63. The number of hydrogen-bond acceptors (Lipinski definition) is 8. The molecule has 0 bridgehead atoms. The molecule has 0 N–H and O–H groups in total. The third kappa shape index (κ3) is 3.57. The number of hydrogen-bond donors (Lipinski definition) is 0. The second kappa shape index (κ2) is 8.19. The van der Waals surface area contributed by atoms with Crippen LogP contribution in [0.3, 0.4) is 0 Å². The molecule has 5 heterocycles. The van der Waals surface area contributed by atoms with E-state index in [1.54, 1.807) is 21.7 Å². The number of aromatic nitrogens is 5. The van der Waals surface area contributed by atoms with Crippen molar-refractivity contribution in [2.45, 2.75) is 31.8 Å². The molecule has 1 saturated heterocycles. The molecule has 3 aromatic heterocycles. The van der Waals surface area contributed by atoms with Crippen molar-refractivity contribution >= 4 is 17.5 Å². The third-order valence-electron chi connectivity index (χ3n) is 6.43. The Kier molecular flexibility index (Phi) is 4.89. The summed E-state index contributed by atoms with van der Waals surface area (Å²) in [6.45, 7) is 2.61. The van der Waals surface area contributed by atoms with Gasteiger partial charge in [0.05, 0.1) is 18.8 Å². The zero-order chi connectivity index (χ0) is 22.2. The maximum absolute atomic E-state index is 12.8. The number of fused-ring (bicyclic) bond motifs is 2. The van der Waals surface area contributed by atoms with Gasteiger partial charge in [-0.15, -0.1) is 0 Å². The maximum Gasteiger partial charge on any atom is 0.292 e. The molecular formula is C23H23N7O3. The second-order valence-electron chi connectivity index (χ2n) is 8.32. The van der Waals surface area contributed by atoms with Crippen molar-refractivity contribution in [3.05, 3.63) is 65.9 Å². The summed E-state index contributed by atoms with van der Waals surface area (Å²) in [5.41, 5.74) is 2.28.